The van der Waals surface area contributed by atoms with Crippen LogP contribution in [0.3, 0.4) is 0 Å². The molecular weight excluding hydrogens is 500 g/mol. The highest BCUT2D eigenvalue weighted by Crippen LogP contribution is 2.43. The lowest BCUT2D eigenvalue weighted by molar-refractivity contribution is -0.137. The van der Waals surface area contributed by atoms with Crippen LogP contribution >= 0.6 is 0 Å². The van der Waals surface area contributed by atoms with Gasteiger partial charge >= 0.3 is 0 Å². The largest absolute Gasteiger partial charge is 0.344 e. The molecule has 40 heavy (non-hydrogen) atoms. The zero-order valence-electron chi connectivity index (χ0n) is 24.0. The number of likely N-dealkylation sites (tertiary alicyclic amines) is 1. The van der Waals surface area contributed by atoms with Crippen molar-refractivity contribution in [3.8, 4) is 0 Å². The molecule has 3 aliphatic rings. The number of carbonyl (C=O) groups excluding carboxylic acids is 3. The van der Waals surface area contributed by atoms with E-state index in [4.69, 9.17) is 0 Å². The maximum absolute atomic E-state index is 13.7. The van der Waals surface area contributed by atoms with Crippen molar-refractivity contribution in [1.82, 2.24) is 15.5 Å². The summed E-state index contributed by atoms with van der Waals surface area (Å²) in [5, 5.41) is 6.57. The van der Waals surface area contributed by atoms with E-state index in [-0.39, 0.29) is 23.8 Å². The second kappa shape index (κ2) is 12.5. The Labute approximate surface area is 238 Å². The quantitative estimate of drug-likeness (QED) is 0.466. The number of hydrogen-bond donors (Lipinski definition) is 2. The Morgan fingerprint density at radius 3 is 2.35 bits per heavy atom. The number of para-hydroxylation sites is 1. The van der Waals surface area contributed by atoms with Gasteiger partial charge in [0.1, 0.15) is 6.04 Å². The van der Waals surface area contributed by atoms with Crippen molar-refractivity contribution in [3.63, 3.8) is 0 Å². The van der Waals surface area contributed by atoms with E-state index in [9.17, 15) is 14.4 Å². The van der Waals surface area contributed by atoms with Crippen LogP contribution in [0.4, 0.5) is 5.69 Å². The van der Waals surface area contributed by atoms with E-state index >= 15 is 0 Å². The number of nitrogens with zero attached hydrogens (tertiary/aromatic N) is 2. The van der Waals surface area contributed by atoms with Crippen molar-refractivity contribution in [2.75, 3.05) is 24.5 Å². The molecule has 2 N–H and O–H groups in total. The van der Waals surface area contributed by atoms with E-state index in [0.717, 1.165) is 36.1 Å². The highest BCUT2D eigenvalue weighted by atomic mass is 16.2. The van der Waals surface area contributed by atoms with Gasteiger partial charge in [0.2, 0.25) is 17.7 Å². The Hall–Kier alpha value is -3.19. The van der Waals surface area contributed by atoms with Gasteiger partial charge in [0.05, 0.1) is 5.41 Å². The number of fused-ring (bicyclic) bond motifs is 1. The Kier molecular flexibility index (Phi) is 8.89. The molecule has 1 saturated carbocycles. The highest BCUT2D eigenvalue weighted by molar-refractivity contribution is 6.08. The van der Waals surface area contributed by atoms with Gasteiger partial charge in [0.15, 0.2) is 0 Å². The summed E-state index contributed by atoms with van der Waals surface area (Å²) in [7, 11) is 0. The molecule has 7 heteroatoms. The molecule has 2 heterocycles. The molecule has 0 bridgehead atoms. The lowest BCUT2D eigenvalue weighted by Crippen LogP contribution is -2.54. The first-order valence-corrected chi connectivity index (χ1v) is 15.1. The molecule has 5 rings (SSSR count). The van der Waals surface area contributed by atoms with Crippen molar-refractivity contribution in [2.24, 2.45) is 0 Å². The van der Waals surface area contributed by atoms with Gasteiger partial charge in [-0.2, -0.15) is 0 Å². The molecule has 1 saturated heterocycles. The number of anilines is 1. The van der Waals surface area contributed by atoms with Crippen LogP contribution in [0.5, 0.6) is 0 Å². The number of rotatable bonds is 10. The molecular formula is C33H44N4O3. The molecule has 0 aromatic heterocycles. The number of nitrogens with one attached hydrogen (secondary N) is 2. The van der Waals surface area contributed by atoms with Gasteiger partial charge in [-0.25, -0.2) is 0 Å². The summed E-state index contributed by atoms with van der Waals surface area (Å²) in [6.07, 6.45) is 8.00. The molecule has 2 fully saturated rings. The number of piperidine rings is 1. The molecule has 3 amide bonds. The number of benzene rings is 2. The fraction of sp³-hybridized carbons (Fsp3) is 0.545. The molecule has 1 atom stereocenters. The molecule has 0 radical (unpaired) electrons. The Balaban J connectivity index is 1.20. The minimum absolute atomic E-state index is 0.0139. The second-order valence-electron chi connectivity index (χ2n) is 12.2. The Morgan fingerprint density at radius 1 is 0.950 bits per heavy atom. The average molecular weight is 545 g/mol. The SMILES string of the molecule is CC1(C)C(=O)N(C2CCN(C(=O)[C@H](CCc3ccccc3)NC(=O)CCNC3CCCC3)CC2)c2ccccc21. The number of carbonyl (C=O) groups is 3. The van der Waals surface area contributed by atoms with Crippen LogP contribution in [0.1, 0.15) is 76.3 Å². The summed E-state index contributed by atoms with van der Waals surface area (Å²) in [5.74, 6) is 0.0472. The summed E-state index contributed by atoms with van der Waals surface area (Å²) in [4.78, 5) is 43.9. The maximum atomic E-state index is 13.7. The van der Waals surface area contributed by atoms with Crippen LogP contribution in [0, 0.1) is 0 Å². The van der Waals surface area contributed by atoms with Crippen molar-refractivity contribution in [1.29, 1.82) is 0 Å². The fourth-order valence-corrected chi connectivity index (χ4v) is 6.66. The first-order valence-electron chi connectivity index (χ1n) is 15.1. The number of hydrogen-bond acceptors (Lipinski definition) is 4. The van der Waals surface area contributed by atoms with Gasteiger partial charge < -0.3 is 20.4 Å². The highest BCUT2D eigenvalue weighted by Gasteiger charge is 2.46. The van der Waals surface area contributed by atoms with Crippen LogP contribution < -0.4 is 15.5 Å². The molecule has 2 aliphatic heterocycles. The summed E-state index contributed by atoms with van der Waals surface area (Å²) < 4.78 is 0. The van der Waals surface area contributed by atoms with E-state index in [0.29, 0.717) is 38.5 Å². The van der Waals surface area contributed by atoms with Gasteiger partial charge in [-0.3, -0.25) is 14.4 Å². The van der Waals surface area contributed by atoms with E-state index in [2.05, 4.69) is 28.8 Å². The first-order chi connectivity index (χ1) is 19.3. The fourth-order valence-electron chi connectivity index (χ4n) is 6.66. The molecule has 0 unspecified atom stereocenters. The lowest BCUT2D eigenvalue weighted by Gasteiger charge is -2.38. The average Bonchev–Trinajstić information content (AvgIpc) is 3.56. The summed E-state index contributed by atoms with van der Waals surface area (Å²) in [6, 6.07) is 18.2. The third-order valence-corrected chi connectivity index (χ3v) is 9.07. The molecule has 2 aromatic rings. The van der Waals surface area contributed by atoms with Crippen LogP contribution in [0.15, 0.2) is 54.6 Å². The minimum Gasteiger partial charge on any atom is -0.344 e. The summed E-state index contributed by atoms with van der Waals surface area (Å²) in [5.41, 5.74) is 2.69. The molecule has 2 aromatic carbocycles. The van der Waals surface area contributed by atoms with Crippen LogP contribution in [-0.4, -0.2) is 60.4 Å². The third kappa shape index (κ3) is 6.25. The smallest absolute Gasteiger partial charge is 0.245 e. The summed E-state index contributed by atoms with van der Waals surface area (Å²) >= 11 is 0. The number of aryl methyl sites for hydroxylation is 1. The van der Waals surface area contributed by atoms with E-state index in [1.807, 2.05) is 60.0 Å². The van der Waals surface area contributed by atoms with E-state index in [1.165, 1.54) is 25.7 Å². The standard InChI is InChI=1S/C33H44N4O3/c1-33(2)27-14-8-9-15-29(27)37(32(33)40)26-19-22-36(23-20-26)31(39)28(17-16-24-10-4-3-5-11-24)35-30(38)18-21-34-25-12-6-7-13-25/h3-5,8-11,14-15,25-26,28,34H,6-7,12-13,16-23H2,1-2H3,(H,35,38)/t28-/m0/s1. The van der Waals surface area contributed by atoms with Crippen molar-refractivity contribution in [2.45, 2.75) is 95.2 Å². The van der Waals surface area contributed by atoms with E-state index in [1.54, 1.807) is 0 Å². The number of amides is 3. The Bertz CT molecular complexity index is 1180. The van der Waals surface area contributed by atoms with Crippen LogP contribution in [-0.2, 0) is 26.2 Å². The van der Waals surface area contributed by atoms with Crippen molar-refractivity contribution in [3.05, 3.63) is 65.7 Å². The molecule has 1 aliphatic carbocycles. The monoisotopic (exact) mass is 544 g/mol. The van der Waals surface area contributed by atoms with Gasteiger partial charge in [0, 0.05) is 43.8 Å². The zero-order chi connectivity index (χ0) is 28.1. The van der Waals surface area contributed by atoms with Crippen LogP contribution in [0.2, 0.25) is 0 Å². The van der Waals surface area contributed by atoms with Crippen molar-refractivity contribution < 1.29 is 14.4 Å². The lowest BCUT2D eigenvalue weighted by atomic mass is 9.86. The normalized spacial score (nSPS) is 20.0. The van der Waals surface area contributed by atoms with Gasteiger partial charge in [-0.05, 0) is 69.6 Å². The Morgan fingerprint density at radius 2 is 1.62 bits per heavy atom. The van der Waals surface area contributed by atoms with Crippen LogP contribution in [0.25, 0.3) is 0 Å². The predicted molar refractivity (Wildman–Crippen MR) is 158 cm³/mol. The van der Waals surface area contributed by atoms with Gasteiger partial charge in [-0.1, -0.05) is 61.4 Å². The topological polar surface area (TPSA) is 81.8 Å². The predicted octanol–water partition coefficient (Wildman–Crippen LogP) is 4.34. The second-order valence-corrected chi connectivity index (χ2v) is 12.2. The summed E-state index contributed by atoms with van der Waals surface area (Å²) in [6.45, 7) is 5.79. The zero-order valence-corrected chi connectivity index (χ0v) is 24.0. The van der Waals surface area contributed by atoms with Gasteiger partial charge in [0.25, 0.3) is 0 Å². The molecule has 214 valence electrons. The first kappa shape index (κ1) is 28.3. The van der Waals surface area contributed by atoms with Crippen molar-refractivity contribution >= 4 is 23.4 Å². The minimum atomic E-state index is -0.552. The molecule has 0 spiro atoms. The van der Waals surface area contributed by atoms with E-state index < -0.39 is 11.5 Å². The van der Waals surface area contributed by atoms with Gasteiger partial charge in [-0.15, -0.1) is 0 Å². The maximum Gasteiger partial charge on any atom is 0.245 e. The third-order valence-electron chi connectivity index (χ3n) is 9.07. The molecule has 7 nitrogen and oxygen atoms in total.